The molecule has 1 saturated heterocycles. The van der Waals surface area contributed by atoms with Crippen molar-refractivity contribution in [2.45, 2.75) is 32.4 Å². The minimum absolute atomic E-state index is 0.271. The Hall–Kier alpha value is -2.08. The Bertz CT molecular complexity index is 648. The van der Waals surface area contributed by atoms with E-state index in [-0.39, 0.29) is 6.04 Å². The second kappa shape index (κ2) is 5.61. The van der Waals surface area contributed by atoms with E-state index in [9.17, 15) is 13.9 Å². The number of aliphatic hydroxyl groups is 1. The van der Waals surface area contributed by atoms with Crippen LogP contribution >= 0.6 is 0 Å². The van der Waals surface area contributed by atoms with Gasteiger partial charge in [0.05, 0.1) is 12.1 Å². The number of aryl methyl sites for hydroxylation is 2. The van der Waals surface area contributed by atoms with Crippen LogP contribution in [0, 0.1) is 25.5 Å². The average Bonchev–Trinajstić information content (AvgIpc) is 2.87. The third kappa shape index (κ3) is 2.66. The molecule has 6 heteroatoms. The van der Waals surface area contributed by atoms with Crippen molar-refractivity contribution < 1.29 is 13.9 Å². The van der Waals surface area contributed by atoms with Gasteiger partial charge in [0.15, 0.2) is 11.6 Å². The molecule has 2 aromatic rings. The Balaban J connectivity index is 1.98. The van der Waals surface area contributed by atoms with Crippen LogP contribution in [-0.4, -0.2) is 27.7 Å². The van der Waals surface area contributed by atoms with Gasteiger partial charge in [0, 0.05) is 18.4 Å². The number of aliphatic hydroxyl groups excluding tert-OH is 1. The fourth-order valence-electron chi connectivity index (χ4n) is 2.72. The van der Waals surface area contributed by atoms with Crippen LogP contribution in [0.15, 0.2) is 24.4 Å². The number of hydrogen-bond donors (Lipinski definition) is 1. The van der Waals surface area contributed by atoms with E-state index < -0.39 is 17.7 Å². The fraction of sp³-hybridized carbons (Fsp3) is 0.375. The van der Waals surface area contributed by atoms with Crippen molar-refractivity contribution in [2.75, 3.05) is 11.4 Å². The van der Waals surface area contributed by atoms with Crippen molar-refractivity contribution >= 4 is 5.95 Å². The summed E-state index contributed by atoms with van der Waals surface area (Å²) in [4.78, 5) is 10.6. The number of β-amino-alcohol motifs (C(OH)–C–C–N with tert-alkyl or cyclic N) is 1. The molecule has 1 aromatic carbocycles. The Morgan fingerprint density at radius 2 is 2.00 bits per heavy atom. The smallest absolute Gasteiger partial charge is 0.226 e. The SMILES string of the molecule is Cc1cnc(N2C[C@H](O)C[C@@H]2c2ccc(F)c(F)c2)nc1C. The van der Waals surface area contributed by atoms with Crippen LogP contribution in [0.25, 0.3) is 0 Å². The monoisotopic (exact) mass is 305 g/mol. The lowest BCUT2D eigenvalue weighted by Crippen LogP contribution is -2.26. The van der Waals surface area contributed by atoms with Crippen LogP contribution in [0.3, 0.4) is 0 Å². The second-order valence-corrected chi connectivity index (χ2v) is 5.67. The van der Waals surface area contributed by atoms with Crippen molar-refractivity contribution in [1.82, 2.24) is 9.97 Å². The molecule has 4 nitrogen and oxygen atoms in total. The highest BCUT2D eigenvalue weighted by molar-refractivity contribution is 5.40. The zero-order chi connectivity index (χ0) is 15.9. The van der Waals surface area contributed by atoms with Gasteiger partial charge in [0.1, 0.15) is 0 Å². The molecule has 2 atom stereocenters. The van der Waals surface area contributed by atoms with Gasteiger partial charge in [0.25, 0.3) is 0 Å². The van der Waals surface area contributed by atoms with Crippen LogP contribution in [0.1, 0.15) is 29.3 Å². The molecule has 3 rings (SSSR count). The van der Waals surface area contributed by atoms with Gasteiger partial charge < -0.3 is 10.0 Å². The molecular weight excluding hydrogens is 288 g/mol. The first-order valence-electron chi connectivity index (χ1n) is 7.15. The molecule has 0 aliphatic carbocycles. The lowest BCUT2D eigenvalue weighted by molar-refractivity contribution is 0.194. The van der Waals surface area contributed by atoms with Crippen LogP contribution < -0.4 is 4.90 Å². The third-order valence-electron chi connectivity index (χ3n) is 4.08. The first-order chi connectivity index (χ1) is 10.5. The molecule has 1 aliphatic rings. The van der Waals surface area contributed by atoms with E-state index >= 15 is 0 Å². The molecule has 0 unspecified atom stereocenters. The summed E-state index contributed by atoms with van der Waals surface area (Å²) in [5.74, 6) is -1.27. The second-order valence-electron chi connectivity index (χ2n) is 5.67. The summed E-state index contributed by atoms with van der Waals surface area (Å²) >= 11 is 0. The number of rotatable bonds is 2. The van der Waals surface area contributed by atoms with E-state index in [0.717, 1.165) is 17.3 Å². The van der Waals surface area contributed by atoms with Crippen LogP contribution in [-0.2, 0) is 0 Å². The zero-order valence-electron chi connectivity index (χ0n) is 12.4. The number of aromatic nitrogens is 2. The fourth-order valence-corrected chi connectivity index (χ4v) is 2.72. The molecule has 1 fully saturated rings. The molecule has 1 N–H and O–H groups in total. The summed E-state index contributed by atoms with van der Waals surface area (Å²) in [6, 6.07) is 3.54. The van der Waals surface area contributed by atoms with Crippen LogP contribution in [0.2, 0.25) is 0 Å². The Kier molecular flexibility index (Phi) is 3.78. The summed E-state index contributed by atoms with van der Waals surface area (Å²) in [5, 5.41) is 9.98. The van der Waals surface area contributed by atoms with Crippen molar-refractivity contribution in [3.63, 3.8) is 0 Å². The third-order valence-corrected chi connectivity index (χ3v) is 4.08. The van der Waals surface area contributed by atoms with Gasteiger partial charge in [-0.05, 0) is 43.5 Å². The van der Waals surface area contributed by atoms with Gasteiger partial charge in [0.2, 0.25) is 5.95 Å². The lowest BCUT2D eigenvalue weighted by Gasteiger charge is -2.25. The predicted octanol–water partition coefficient (Wildman–Crippen LogP) is 2.68. The molecule has 1 aliphatic heterocycles. The van der Waals surface area contributed by atoms with E-state index in [4.69, 9.17) is 0 Å². The number of benzene rings is 1. The van der Waals surface area contributed by atoms with Gasteiger partial charge in [-0.25, -0.2) is 18.7 Å². The molecule has 0 bridgehead atoms. The Labute approximate surface area is 127 Å². The summed E-state index contributed by atoms with van der Waals surface area (Å²) in [6.07, 6.45) is 1.61. The highest BCUT2D eigenvalue weighted by atomic mass is 19.2. The van der Waals surface area contributed by atoms with Crippen molar-refractivity contribution in [3.8, 4) is 0 Å². The van der Waals surface area contributed by atoms with Gasteiger partial charge in [-0.2, -0.15) is 0 Å². The van der Waals surface area contributed by atoms with E-state index in [1.54, 1.807) is 6.20 Å². The topological polar surface area (TPSA) is 49.2 Å². The molecular formula is C16H17F2N3O. The molecule has 2 heterocycles. The van der Waals surface area contributed by atoms with Gasteiger partial charge in [-0.3, -0.25) is 0 Å². The van der Waals surface area contributed by atoms with Crippen molar-refractivity contribution in [2.24, 2.45) is 0 Å². The highest BCUT2D eigenvalue weighted by Crippen LogP contribution is 2.35. The number of anilines is 1. The molecule has 0 spiro atoms. The van der Waals surface area contributed by atoms with Crippen molar-refractivity contribution in [1.29, 1.82) is 0 Å². The number of halogens is 2. The number of hydrogen-bond acceptors (Lipinski definition) is 4. The predicted molar refractivity (Wildman–Crippen MR) is 78.6 cm³/mol. The molecule has 1 aromatic heterocycles. The first-order valence-corrected chi connectivity index (χ1v) is 7.15. The maximum absolute atomic E-state index is 13.5. The van der Waals surface area contributed by atoms with E-state index in [1.165, 1.54) is 12.1 Å². The molecule has 0 saturated carbocycles. The summed E-state index contributed by atoms with van der Waals surface area (Å²) < 4.78 is 26.6. The molecule has 0 amide bonds. The average molecular weight is 305 g/mol. The van der Waals surface area contributed by atoms with Gasteiger partial charge in [-0.1, -0.05) is 6.07 Å². The maximum atomic E-state index is 13.5. The van der Waals surface area contributed by atoms with Crippen LogP contribution in [0.4, 0.5) is 14.7 Å². The van der Waals surface area contributed by atoms with Gasteiger partial charge in [-0.15, -0.1) is 0 Å². The maximum Gasteiger partial charge on any atom is 0.226 e. The van der Waals surface area contributed by atoms with E-state index in [2.05, 4.69) is 9.97 Å². The Morgan fingerprint density at radius 3 is 2.68 bits per heavy atom. The highest BCUT2D eigenvalue weighted by Gasteiger charge is 2.34. The first kappa shape index (κ1) is 14.8. The summed E-state index contributed by atoms with van der Waals surface area (Å²) in [5.41, 5.74) is 2.44. The minimum atomic E-state index is -0.889. The molecule has 22 heavy (non-hydrogen) atoms. The van der Waals surface area contributed by atoms with Crippen LogP contribution in [0.5, 0.6) is 0 Å². The van der Waals surface area contributed by atoms with Gasteiger partial charge >= 0.3 is 0 Å². The molecule has 0 radical (unpaired) electrons. The van der Waals surface area contributed by atoms with E-state index in [1.807, 2.05) is 18.7 Å². The zero-order valence-corrected chi connectivity index (χ0v) is 12.4. The summed E-state index contributed by atoms with van der Waals surface area (Å²) in [7, 11) is 0. The number of nitrogens with zero attached hydrogens (tertiary/aromatic N) is 3. The van der Waals surface area contributed by atoms with E-state index in [0.29, 0.717) is 24.5 Å². The molecule has 116 valence electrons. The quantitative estimate of drug-likeness (QED) is 0.927. The normalized spacial score (nSPS) is 21.4. The van der Waals surface area contributed by atoms with Crippen molar-refractivity contribution in [3.05, 3.63) is 52.9 Å². The lowest BCUT2D eigenvalue weighted by atomic mass is 10.0. The minimum Gasteiger partial charge on any atom is -0.391 e. The summed E-state index contributed by atoms with van der Waals surface area (Å²) in [6.45, 7) is 4.18. The Morgan fingerprint density at radius 1 is 1.23 bits per heavy atom. The largest absolute Gasteiger partial charge is 0.391 e. The standard InChI is InChI=1S/C16H17F2N3O/c1-9-7-19-16(20-10(9)2)21-8-12(22)6-15(21)11-3-4-13(17)14(18)5-11/h3-5,7,12,15,22H,6,8H2,1-2H3/t12-,15-/m1/s1.